The monoisotopic (exact) mass is 314 g/mol. The number of hydrogen-bond acceptors (Lipinski definition) is 4. The SMILES string of the molecule is Cl.N[C@@H](CSc1nc2ccccc2s1)C(F)(F)F. The van der Waals surface area contributed by atoms with E-state index in [9.17, 15) is 13.2 Å². The standard InChI is InChI=1S/C10H9F3N2S2.ClH/c11-10(12,13)8(14)5-16-9-15-6-3-1-2-4-7(6)17-9;/h1-4,8H,5,14H2;1H/t8-;/m0./s1. The Morgan fingerprint density at radius 2 is 2.00 bits per heavy atom. The van der Waals surface area contributed by atoms with Crippen molar-refractivity contribution in [1.82, 2.24) is 4.98 Å². The highest BCUT2D eigenvalue weighted by molar-refractivity contribution is 8.01. The van der Waals surface area contributed by atoms with Gasteiger partial charge in [-0.05, 0) is 12.1 Å². The van der Waals surface area contributed by atoms with Crippen molar-refractivity contribution in [3.8, 4) is 0 Å². The quantitative estimate of drug-likeness (QED) is 0.878. The first-order valence-electron chi connectivity index (χ1n) is 4.77. The van der Waals surface area contributed by atoms with Crippen LogP contribution in [0.4, 0.5) is 13.2 Å². The number of thioether (sulfide) groups is 1. The molecule has 1 heterocycles. The zero-order valence-electron chi connectivity index (χ0n) is 8.98. The molecule has 1 aromatic heterocycles. The molecule has 1 atom stereocenters. The molecule has 0 fully saturated rings. The van der Waals surface area contributed by atoms with Crippen LogP contribution in [0, 0.1) is 0 Å². The van der Waals surface area contributed by atoms with Gasteiger partial charge >= 0.3 is 6.18 Å². The van der Waals surface area contributed by atoms with Gasteiger partial charge in [0.15, 0.2) is 4.34 Å². The van der Waals surface area contributed by atoms with Crippen molar-refractivity contribution >= 4 is 45.7 Å². The van der Waals surface area contributed by atoms with Gasteiger partial charge in [0, 0.05) is 5.75 Å². The Balaban J connectivity index is 0.00000162. The van der Waals surface area contributed by atoms with Crippen molar-refractivity contribution in [3.05, 3.63) is 24.3 Å². The number of halogens is 4. The summed E-state index contributed by atoms with van der Waals surface area (Å²) in [4.78, 5) is 4.23. The van der Waals surface area contributed by atoms with E-state index >= 15 is 0 Å². The lowest BCUT2D eigenvalue weighted by Gasteiger charge is -2.13. The van der Waals surface area contributed by atoms with Gasteiger partial charge in [-0.2, -0.15) is 13.2 Å². The maximum Gasteiger partial charge on any atom is 0.404 e. The third-order valence-electron chi connectivity index (χ3n) is 2.08. The van der Waals surface area contributed by atoms with Crippen LogP contribution in [-0.2, 0) is 0 Å². The summed E-state index contributed by atoms with van der Waals surface area (Å²) in [6.45, 7) is 0. The molecule has 8 heteroatoms. The second-order valence-corrected chi connectivity index (χ2v) is 5.70. The summed E-state index contributed by atoms with van der Waals surface area (Å²) in [5.74, 6) is -0.205. The Bertz CT molecular complexity index is 482. The molecule has 2 aromatic rings. The van der Waals surface area contributed by atoms with Gasteiger partial charge in [-0.15, -0.1) is 23.7 Å². The molecule has 0 saturated carbocycles. The molecule has 0 saturated heterocycles. The number of para-hydroxylation sites is 1. The van der Waals surface area contributed by atoms with Crippen LogP contribution in [0.1, 0.15) is 0 Å². The topological polar surface area (TPSA) is 38.9 Å². The highest BCUT2D eigenvalue weighted by Crippen LogP contribution is 2.31. The fraction of sp³-hybridized carbons (Fsp3) is 0.300. The van der Waals surface area contributed by atoms with Gasteiger partial charge in [0.25, 0.3) is 0 Å². The molecule has 2 N–H and O–H groups in total. The number of nitrogens with zero attached hydrogens (tertiary/aromatic N) is 1. The normalized spacial score (nSPS) is 13.3. The minimum absolute atomic E-state index is 0. The Kier molecular flexibility index (Phi) is 5.27. The fourth-order valence-corrected chi connectivity index (χ4v) is 3.25. The first-order chi connectivity index (χ1) is 7.97. The molecular formula is C10H10ClF3N2S2. The summed E-state index contributed by atoms with van der Waals surface area (Å²) >= 11 is 2.42. The summed E-state index contributed by atoms with van der Waals surface area (Å²) in [6.07, 6.45) is -4.34. The average molecular weight is 315 g/mol. The molecule has 1 aromatic carbocycles. The van der Waals surface area contributed by atoms with E-state index in [-0.39, 0.29) is 18.2 Å². The van der Waals surface area contributed by atoms with Gasteiger partial charge in [0.2, 0.25) is 0 Å². The van der Waals surface area contributed by atoms with Crippen LogP contribution >= 0.6 is 35.5 Å². The number of rotatable bonds is 3. The van der Waals surface area contributed by atoms with E-state index in [0.29, 0.717) is 4.34 Å². The Hall–Kier alpha value is -0.500. The second kappa shape index (κ2) is 6.10. The van der Waals surface area contributed by atoms with Crippen LogP contribution in [0.3, 0.4) is 0 Å². The molecule has 0 spiro atoms. The summed E-state index contributed by atoms with van der Waals surface area (Å²) < 4.78 is 38.2. The Morgan fingerprint density at radius 3 is 2.61 bits per heavy atom. The molecule has 100 valence electrons. The lowest BCUT2D eigenvalue weighted by Crippen LogP contribution is -2.39. The first-order valence-corrected chi connectivity index (χ1v) is 6.57. The van der Waals surface area contributed by atoms with Gasteiger partial charge in [0.05, 0.1) is 10.2 Å². The van der Waals surface area contributed by atoms with Crippen LogP contribution in [0.15, 0.2) is 28.6 Å². The van der Waals surface area contributed by atoms with E-state index in [1.165, 1.54) is 11.3 Å². The molecule has 18 heavy (non-hydrogen) atoms. The van der Waals surface area contributed by atoms with Crippen molar-refractivity contribution in [3.63, 3.8) is 0 Å². The molecule has 2 rings (SSSR count). The smallest absolute Gasteiger partial charge is 0.319 e. The zero-order chi connectivity index (χ0) is 12.5. The zero-order valence-corrected chi connectivity index (χ0v) is 11.4. The van der Waals surface area contributed by atoms with Crippen LogP contribution in [0.5, 0.6) is 0 Å². The number of hydrogen-bond donors (Lipinski definition) is 1. The minimum Gasteiger partial charge on any atom is -0.319 e. The molecule has 0 radical (unpaired) electrons. The lowest BCUT2D eigenvalue weighted by molar-refractivity contribution is -0.142. The van der Waals surface area contributed by atoms with Crippen LogP contribution in [0.25, 0.3) is 10.2 Å². The van der Waals surface area contributed by atoms with Gasteiger partial charge in [-0.1, -0.05) is 23.9 Å². The molecule has 0 unspecified atom stereocenters. The number of nitrogens with two attached hydrogens (primary N) is 1. The average Bonchev–Trinajstić information content (AvgIpc) is 2.66. The Labute approximate surface area is 116 Å². The molecule has 0 aliphatic carbocycles. The first kappa shape index (κ1) is 15.6. The highest BCUT2D eigenvalue weighted by atomic mass is 35.5. The molecule has 0 bridgehead atoms. The van der Waals surface area contributed by atoms with E-state index in [1.54, 1.807) is 0 Å². The van der Waals surface area contributed by atoms with Crippen LogP contribution < -0.4 is 5.73 Å². The molecule has 0 amide bonds. The number of benzene rings is 1. The van der Waals surface area contributed by atoms with Crippen LogP contribution in [-0.4, -0.2) is 23.0 Å². The predicted molar refractivity (Wildman–Crippen MR) is 71.6 cm³/mol. The fourth-order valence-electron chi connectivity index (χ4n) is 1.17. The number of fused-ring (bicyclic) bond motifs is 1. The summed E-state index contributed by atoms with van der Waals surface area (Å²) in [5.41, 5.74) is 5.83. The minimum atomic E-state index is -4.34. The molecule has 0 aliphatic rings. The van der Waals surface area contributed by atoms with Crippen molar-refractivity contribution in [2.24, 2.45) is 5.73 Å². The predicted octanol–water partition coefficient (Wildman–Crippen LogP) is 3.70. The van der Waals surface area contributed by atoms with Crippen molar-refractivity contribution in [2.45, 2.75) is 16.6 Å². The third kappa shape index (κ3) is 3.74. The van der Waals surface area contributed by atoms with Crippen molar-refractivity contribution in [2.75, 3.05) is 5.75 Å². The van der Waals surface area contributed by atoms with Crippen molar-refractivity contribution < 1.29 is 13.2 Å². The van der Waals surface area contributed by atoms with Gasteiger partial charge in [-0.25, -0.2) is 4.98 Å². The Morgan fingerprint density at radius 1 is 1.33 bits per heavy atom. The van der Waals surface area contributed by atoms with E-state index in [1.807, 2.05) is 24.3 Å². The van der Waals surface area contributed by atoms with E-state index in [0.717, 1.165) is 22.0 Å². The molecular weight excluding hydrogens is 305 g/mol. The molecule has 0 aliphatic heterocycles. The van der Waals surface area contributed by atoms with Gasteiger partial charge in [0.1, 0.15) is 6.04 Å². The van der Waals surface area contributed by atoms with Gasteiger partial charge in [-0.3, -0.25) is 0 Å². The summed E-state index contributed by atoms with van der Waals surface area (Å²) in [6, 6.07) is 5.63. The number of alkyl halides is 3. The van der Waals surface area contributed by atoms with E-state index in [4.69, 9.17) is 5.73 Å². The third-order valence-corrected chi connectivity index (χ3v) is 4.38. The number of thiazole rings is 1. The van der Waals surface area contributed by atoms with Crippen molar-refractivity contribution in [1.29, 1.82) is 0 Å². The summed E-state index contributed by atoms with van der Waals surface area (Å²) in [5, 5.41) is 0. The number of aromatic nitrogens is 1. The lowest BCUT2D eigenvalue weighted by atomic mass is 10.3. The highest BCUT2D eigenvalue weighted by Gasteiger charge is 2.36. The van der Waals surface area contributed by atoms with E-state index in [2.05, 4.69) is 4.98 Å². The van der Waals surface area contributed by atoms with E-state index < -0.39 is 12.2 Å². The van der Waals surface area contributed by atoms with Crippen LogP contribution in [0.2, 0.25) is 0 Å². The maximum atomic E-state index is 12.2. The largest absolute Gasteiger partial charge is 0.404 e. The molecule has 2 nitrogen and oxygen atoms in total. The summed E-state index contributed by atoms with van der Waals surface area (Å²) in [7, 11) is 0. The maximum absolute atomic E-state index is 12.2. The second-order valence-electron chi connectivity index (χ2n) is 3.41. The van der Waals surface area contributed by atoms with Gasteiger partial charge < -0.3 is 5.73 Å².